The summed E-state index contributed by atoms with van der Waals surface area (Å²) in [6.07, 6.45) is 7.27. The lowest BCUT2D eigenvalue weighted by molar-refractivity contribution is 0.0804. The van der Waals surface area contributed by atoms with Crippen molar-refractivity contribution in [2.75, 3.05) is 44.2 Å². The number of rotatable bonds is 6. The third-order valence-corrected chi connectivity index (χ3v) is 5.46. The second-order valence-electron chi connectivity index (χ2n) is 7.41. The summed E-state index contributed by atoms with van der Waals surface area (Å²) in [5, 5.41) is 0. The molecule has 4 rings (SSSR count). The summed E-state index contributed by atoms with van der Waals surface area (Å²) in [7, 11) is 0. The molecule has 7 heteroatoms. The minimum absolute atomic E-state index is 0.0170. The predicted molar refractivity (Wildman–Crippen MR) is 112 cm³/mol. The van der Waals surface area contributed by atoms with Gasteiger partial charge >= 0.3 is 0 Å². The molecule has 1 amide bonds. The highest BCUT2D eigenvalue weighted by atomic mass is 16.5. The number of nitrogens with zero attached hydrogens (tertiary/aromatic N) is 5. The Bertz CT molecular complexity index is 863. The Hall–Kier alpha value is -2.93. The first-order valence-electron chi connectivity index (χ1n) is 10.2. The molecule has 1 fully saturated rings. The first kappa shape index (κ1) is 19.4. The molecule has 2 aliphatic heterocycles. The number of hydrogen-bond acceptors (Lipinski definition) is 6. The lowest BCUT2D eigenvalue weighted by Crippen LogP contribution is -2.47. The average Bonchev–Trinajstić information content (AvgIpc) is 2.89. The monoisotopic (exact) mass is 393 g/mol. The molecule has 1 saturated heterocycles. The molecule has 1 aromatic carbocycles. The molecular formula is C22H27N5O2. The Morgan fingerprint density at radius 3 is 2.48 bits per heavy atom. The first-order chi connectivity index (χ1) is 14.2. The molecule has 0 spiro atoms. The normalized spacial score (nSPS) is 17.4. The van der Waals surface area contributed by atoms with E-state index in [0.29, 0.717) is 17.9 Å². The van der Waals surface area contributed by atoms with E-state index < -0.39 is 0 Å². The van der Waals surface area contributed by atoms with Gasteiger partial charge in [0.15, 0.2) is 0 Å². The smallest absolute Gasteiger partial charge is 0.261 e. The molecule has 152 valence electrons. The van der Waals surface area contributed by atoms with E-state index in [4.69, 9.17) is 4.74 Å². The minimum Gasteiger partial charge on any atom is -0.462 e. The Morgan fingerprint density at radius 1 is 0.966 bits per heavy atom. The number of para-hydroxylation sites is 1. The summed E-state index contributed by atoms with van der Waals surface area (Å²) in [6.45, 7) is 7.60. The summed E-state index contributed by atoms with van der Waals surface area (Å²) in [5.74, 6) is 1.46. The number of hydrogen-bond donors (Lipinski definition) is 0. The van der Waals surface area contributed by atoms with Crippen LogP contribution in [0.1, 0.15) is 30.1 Å². The number of anilines is 1. The van der Waals surface area contributed by atoms with Crippen LogP contribution in [0.15, 0.2) is 54.7 Å². The van der Waals surface area contributed by atoms with Crippen LogP contribution in [0.5, 0.6) is 5.75 Å². The van der Waals surface area contributed by atoms with Gasteiger partial charge < -0.3 is 14.5 Å². The molecule has 29 heavy (non-hydrogen) atoms. The van der Waals surface area contributed by atoms with Gasteiger partial charge in [-0.25, -0.2) is 9.97 Å². The van der Waals surface area contributed by atoms with E-state index in [1.165, 1.54) is 0 Å². The zero-order chi connectivity index (χ0) is 20.1. The van der Waals surface area contributed by atoms with Crippen LogP contribution < -0.4 is 9.64 Å². The Balaban J connectivity index is 1.23. The fraction of sp³-hybridized carbons (Fsp3) is 0.409. The van der Waals surface area contributed by atoms with E-state index in [0.717, 1.165) is 57.2 Å². The van der Waals surface area contributed by atoms with Gasteiger partial charge in [-0.2, -0.15) is 0 Å². The maximum atomic E-state index is 12.9. The predicted octanol–water partition coefficient (Wildman–Crippen LogP) is 2.77. The van der Waals surface area contributed by atoms with Crippen LogP contribution >= 0.6 is 0 Å². The molecule has 0 saturated carbocycles. The van der Waals surface area contributed by atoms with Gasteiger partial charge in [0.05, 0.1) is 11.3 Å². The molecule has 2 aliphatic rings. The van der Waals surface area contributed by atoms with E-state index >= 15 is 0 Å². The van der Waals surface area contributed by atoms with Crippen molar-refractivity contribution >= 4 is 11.9 Å². The van der Waals surface area contributed by atoms with E-state index in [1.807, 2.05) is 42.2 Å². The second-order valence-corrected chi connectivity index (χ2v) is 7.41. The number of carbonyl (C=O) groups excluding carboxylic acids is 1. The number of unbranched alkanes of at least 4 members (excludes halogenated alkanes) is 1. The van der Waals surface area contributed by atoms with Crippen molar-refractivity contribution < 1.29 is 9.53 Å². The number of carbonyl (C=O) groups is 1. The lowest BCUT2D eigenvalue weighted by atomic mass is 10.1. The molecule has 3 heterocycles. The average molecular weight is 393 g/mol. The van der Waals surface area contributed by atoms with Crippen molar-refractivity contribution in [2.24, 2.45) is 0 Å². The molecule has 0 atom stereocenters. The zero-order valence-electron chi connectivity index (χ0n) is 16.8. The van der Waals surface area contributed by atoms with E-state index in [1.54, 1.807) is 18.7 Å². The fourth-order valence-electron chi connectivity index (χ4n) is 3.77. The number of amides is 1. The van der Waals surface area contributed by atoms with Gasteiger partial charge in [-0.3, -0.25) is 9.69 Å². The number of ether oxygens (including phenoxy) is 1. The van der Waals surface area contributed by atoms with Gasteiger partial charge in [0, 0.05) is 45.1 Å². The van der Waals surface area contributed by atoms with Crippen LogP contribution in [0, 0.1) is 0 Å². The summed E-state index contributed by atoms with van der Waals surface area (Å²) in [5.41, 5.74) is 1.47. The van der Waals surface area contributed by atoms with Gasteiger partial charge in [0.1, 0.15) is 12.0 Å². The van der Waals surface area contributed by atoms with Crippen LogP contribution in [0.2, 0.25) is 0 Å². The van der Waals surface area contributed by atoms with Gasteiger partial charge in [0.2, 0.25) is 5.95 Å². The summed E-state index contributed by atoms with van der Waals surface area (Å²) in [4.78, 5) is 28.1. The minimum atomic E-state index is 0.0170. The van der Waals surface area contributed by atoms with E-state index in [9.17, 15) is 4.79 Å². The topological polar surface area (TPSA) is 61.8 Å². The maximum absolute atomic E-state index is 12.9. The van der Waals surface area contributed by atoms with Crippen LogP contribution in [0.4, 0.5) is 5.95 Å². The quantitative estimate of drug-likeness (QED) is 0.704. The standard InChI is InChI=1S/C22H27N5O2/c1-18-17-29-20-8-3-2-7-19(20)21(28)27(18)12-5-4-11-25-13-15-26(16-14-25)22-23-9-6-10-24-22/h2-3,6-10,17H,4-5,11-16H2,1H3. The highest BCUT2D eigenvalue weighted by Gasteiger charge is 2.24. The molecule has 2 aromatic rings. The number of benzene rings is 1. The van der Waals surface area contributed by atoms with Crippen molar-refractivity contribution in [1.29, 1.82) is 0 Å². The van der Waals surface area contributed by atoms with Crippen molar-refractivity contribution in [3.05, 3.63) is 60.2 Å². The van der Waals surface area contributed by atoms with Crippen LogP contribution in [0.25, 0.3) is 0 Å². The summed E-state index contributed by atoms with van der Waals surface area (Å²) < 4.78 is 5.66. The van der Waals surface area contributed by atoms with Gasteiger partial charge in [0.25, 0.3) is 5.91 Å². The van der Waals surface area contributed by atoms with Crippen molar-refractivity contribution in [1.82, 2.24) is 19.8 Å². The number of allylic oxidation sites excluding steroid dienone is 1. The molecular weight excluding hydrogens is 366 g/mol. The lowest BCUT2D eigenvalue weighted by Gasteiger charge is -2.34. The molecule has 7 nitrogen and oxygen atoms in total. The van der Waals surface area contributed by atoms with E-state index in [2.05, 4.69) is 19.8 Å². The molecule has 0 bridgehead atoms. The fourth-order valence-corrected chi connectivity index (χ4v) is 3.77. The Kier molecular flexibility index (Phi) is 6.05. The summed E-state index contributed by atoms with van der Waals surface area (Å²) >= 11 is 0. The second kappa shape index (κ2) is 9.05. The van der Waals surface area contributed by atoms with Crippen molar-refractivity contribution in [3.8, 4) is 5.75 Å². The molecule has 0 N–H and O–H groups in total. The van der Waals surface area contributed by atoms with Gasteiger partial charge in [-0.05, 0) is 44.5 Å². The van der Waals surface area contributed by atoms with Gasteiger partial charge in [-0.1, -0.05) is 12.1 Å². The van der Waals surface area contributed by atoms with Crippen LogP contribution in [-0.4, -0.2) is 64.9 Å². The molecule has 0 radical (unpaired) electrons. The first-order valence-corrected chi connectivity index (χ1v) is 10.2. The Labute approximate surface area is 171 Å². The maximum Gasteiger partial charge on any atom is 0.261 e. The number of piperazine rings is 1. The Morgan fingerprint density at radius 2 is 1.69 bits per heavy atom. The van der Waals surface area contributed by atoms with Crippen LogP contribution in [0.3, 0.4) is 0 Å². The highest BCUT2D eigenvalue weighted by molar-refractivity contribution is 5.98. The third-order valence-electron chi connectivity index (χ3n) is 5.46. The molecule has 0 unspecified atom stereocenters. The zero-order valence-corrected chi connectivity index (χ0v) is 16.8. The van der Waals surface area contributed by atoms with Crippen molar-refractivity contribution in [3.63, 3.8) is 0 Å². The van der Waals surface area contributed by atoms with Gasteiger partial charge in [-0.15, -0.1) is 0 Å². The number of fused-ring (bicyclic) bond motifs is 1. The highest BCUT2D eigenvalue weighted by Crippen LogP contribution is 2.25. The number of aromatic nitrogens is 2. The van der Waals surface area contributed by atoms with Crippen LogP contribution in [-0.2, 0) is 0 Å². The molecule has 1 aromatic heterocycles. The van der Waals surface area contributed by atoms with Crippen molar-refractivity contribution in [2.45, 2.75) is 19.8 Å². The van der Waals surface area contributed by atoms with E-state index in [-0.39, 0.29) is 5.91 Å². The summed E-state index contributed by atoms with van der Waals surface area (Å²) in [6, 6.07) is 9.26. The largest absolute Gasteiger partial charge is 0.462 e. The SMILES string of the molecule is CC1=COc2ccccc2C(=O)N1CCCCN1CCN(c2ncccn2)CC1. The molecule has 0 aliphatic carbocycles. The third kappa shape index (κ3) is 4.56.